The number of unbranched alkanes of at least 4 members (excludes halogenated alkanes) is 11. The number of carbonyl (C=O) groups is 1. The summed E-state index contributed by atoms with van der Waals surface area (Å²) < 4.78 is 16.9. The van der Waals surface area contributed by atoms with Gasteiger partial charge in [0.15, 0.2) is 0 Å². The Morgan fingerprint density at radius 1 is 0.800 bits per heavy atom. The Labute approximate surface area is 185 Å². The van der Waals surface area contributed by atoms with Crippen LogP contribution < -0.4 is 47.0 Å². The maximum absolute atomic E-state index is 10.2. The van der Waals surface area contributed by atoms with Crippen molar-refractivity contribution in [1.82, 2.24) is 0 Å². The molecule has 0 saturated carbocycles. The molecule has 0 aliphatic carbocycles. The molecule has 0 aromatic heterocycles. The molecule has 134 valence electrons. The normalized spacial score (nSPS) is 9.32. The number of hydrogen-bond acceptors (Lipinski definition) is 4. The summed E-state index contributed by atoms with van der Waals surface area (Å²) in [7, 11) is 0. The predicted molar refractivity (Wildman–Crippen MR) is 90.9 cm³/mol. The molecule has 0 heterocycles. The zero-order valence-electron chi connectivity index (χ0n) is 16.8. The van der Waals surface area contributed by atoms with Gasteiger partial charge in [-0.3, -0.25) is 0 Å². The molecule has 0 amide bonds. The van der Waals surface area contributed by atoms with Crippen LogP contribution in [0.1, 0.15) is 96.8 Å². The third-order valence-corrected chi connectivity index (χ3v) is 3.64. The van der Waals surface area contributed by atoms with E-state index in [4.69, 9.17) is 7.96 Å². The molecule has 0 aromatic rings. The van der Waals surface area contributed by atoms with Gasteiger partial charge in [0.1, 0.15) is 0 Å². The van der Waals surface area contributed by atoms with Crippen molar-refractivity contribution in [3.05, 3.63) is 12.2 Å². The van der Waals surface area contributed by atoms with Gasteiger partial charge >= 0.3 is 61.2 Å². The Hall–Kier alpha value is 0.537. The van der Waals surface area contributed by atoms with E-state index < -0.39 is 21.5 Å². The van der Waals surface area contributed by atoms with Gasteiger partial charge in [0.05, 0.1) is 0 Å². The fraction of sp³-hybridized carbons (Fsp3) is 0.833. The van der Waals surface area contributed by atoms with Crippen molar-refractivity contribution in [2.75, 3.05) is 0 Å². The van der Waals surface area contributed by atoms with E-state index in [-0.39, 0.29) is 44.1 Å². The average molecular weight is 354 g/mol. The van der Waals surface area contributed by atoms with Gasteiger partial charge in [-0.15, -0.1) is 0 Å². The van der Waals surface area contributed by atoms with Crippen molar-refractivity contribution in [3.63, 3.8) is 0 Å². The first kappa shape index (κ1) is 33.1. The number of carbonyl (C=O) groups excluding carboxylic acids is 1. The van der Waals surface area contributed by atoms with E-state index in [0.717, 1.165) is 19.3 Å². The van der Waals surface area contributed by atoms with Gasteiger partial charge in [-0.05, 0) is 38.5 Å². The molecule has 0 aliphatic rings. The minimum atomic E-state index is -1.75. The summed E-state index contributed by atoms with van der Waals surface area (Å²) in [6.45, 7) is 2.26. The van der Waals surface area contributed by atoms with E-state index in [1.807, 2.05) is 0 Å². The number of carboxylic acids is 1. The maximum atomic E-state index is 10.2. The van der Waals surface area contributed by atoms with Crippen LogP contribution in [0.25, 0.3) is 0 Å². The first-order chi connectivity index (χ1) is 11.2. The quantitative estimate of drug-likeness (QED) is 0.179. The average Bonchev–Trinajstić information content (AvgIpc) is 2.51. The molecule has 0 rings (SSSR count). The Morgan fingerprint density at radius 3 is 1.56 bits per heavy atom. The van der Waals surface area contributed by atoms with Gasteiger partial charge in [-0.2, -0.15) is 0 Å². The molecule has 7 heteroatoms. The van der Waals surface area contributed by atoms with Crippen LogP contribution in [0.3, 0.4) is 0 Å². The molecule has 0 N–H and O–H groups in total. The Kier molecular flexibility index (Phi) is 42.7. The van der Waals surface area contributed by atoms with Crippen molar-refractivity contribution in [3.8, 4) is 0 Å². The minimum absolute atomic E-state index is 0. The fourth-order valence-electron chi connectivity index (χ4n) is 2.34. The third kappa shape index (κ3) is 40.5. The summed E-state index contributed by atoms with van der Waals surface area (Å²) in [5.41, 5.74) is 0. The fourth-order valence-corrected chi connectivity index (χ4v) is 2.34. The van der Waals surface area contributed by atoms with Crippen LogP contribution in [-0.2, 0) is 8.60 Å². The van der Waals surface area contributed by atoms with Gasteiger partial charge in [0, 0.05) is 5.97 Å². The predicted octanol–water partition coefficient (Wildman–Crippen LogP) is -2.91. The first-order valence-corrected chi connectivity index (χ1v) is 10.0. The van der Waals surface area contributed by atoms with E-state index in [2.05, 4.69) is 19.1 Å². The summed E-state index contributed by atoms with van der Waals surface area (Å²) in [6, 6.07) is 0. The molecule has 0 saturated heterocycles. The van der Waals surface area contributed by atoms with Crippen molar-refractivity contribution in [2.45, 2.75) is 96.8 Å². The van der Waals surface area contributed by atoms with Crippen LogP contribution >= 0.6 is 0 Å². The van der Waals surface area contributed by atoms with Crippen molar-refractivity contribution in [2.24, 2.45) is 0 Å². The van der Waals surface area contributed by atoms with Crippen LogP contribution in [0.15, 0.2) is 12.2 Å². The SMILES string of the molecule is CCCCCCCC/C=C\CCCCCCCC(=O)[O-].[Li+].[Li+].[O]=[Al][O-]. The first-order valence-electron chi connectivity index (χ1n) is 9.09. The van der Waals surface area contributed by atoms with Crippen molar-refractivity contribution >= 4 is 21.5 Å². The van der Waals surface area contributed by atoms with Gasteiger partial charge < -0.3 is 9.90 Å². The second kappa shape index (κ2) is 32.2. The third-order valence-electron chi connectivity index (χ3n) is 3.64. The Balaban J connectivity index is -0.000000409. The van der Waals surface area contributed by atoms with E-state index in [1.54, 1.807) is 0 Å². The van der Waals surface area contributed by atoms with Crippen LogP contribution in [0, 0.1) is 0 Å². The van der Waals surface area contributed by atoms with E-state index >= 15 is 0 Å². The molecule has 0 fully saturated rings. The molecule has 0 aromatic carbocycles. The van der Waals surface area contributed by atoms with Crippen LogP contribution in [0.2, 0.25) is 0 Å². The molecule has 0 spiro atoms. The summed E-state index contributed by atoms with van der Waals surface area (Å²) >= 11 is -1.75. The van der Waals surface area contributed by atoms with E-state index in [0.29, 0.717) is 0 Å². The molecule has 0 radical (unpaired) electrons. The zero-order valence-corrected chi connectivity index (χ0v) is 17.9. The topological polar surface area (TPSA) is 80.3 Å². The zero-order chi connectivity index (χ0) is 17.6. The van der Waals surface area contributed by atoms with Gasteiger partial charge in [-0.25, -0.2) is 0 Å². The van der Waals surface area contributed by atoms with E-state index in [1.165, 1.54) is 64.2 Å². The van der Waals surface area contributed by atoms with Crippen LogP contribution in [0.5, 0.6) is 0 Å². The molecule has 25 heavy (non-hydrogen) atoms. The number of carboxylic acid groups (broad SMARTS) is 1. The molecular weight excluding hydrogens is 321 g/mol. The number of rotatable bonds is 15. The number of allylic oxidation sites excluding steroid dienone is 2. The van der Waals surface area contributed by atoms with Crippen LogP contribution in [0.4, 0.5) is 0 Å². The van der Waals surface area contributed by atoms with Crippen molar-refractivity contribution in [1.29, 1.82) is 0 Å². The molecule has 4 nitrogen and oxygen atoms in total. The number of aliphatic carboxylic acids is 1. The molecule has 0 atom stereocenters. The summed E-state index contributed by atoms with van der Waals surface area (Å²) in [4.78, 5) is 10.2. The number of hydrogen-bond donors (Lipinski definition) is 0. The van der Waals surface area contributed by atoms with E-state index in [9.17, 15) is 9.90 Å². The standard InChI is InChI=1S/C18H34O2.Al.2Li.2O/c1-2-3-4-5-6-7-8-9-10-11-12-13-14-15-16-17-18(19)20;;;;;/h9-10H,2-8,11-17H2,1H3,(H,19,20);;;;;/q;;2*+1;;-1/p-1/b10-9-;;;;;. The van der Waals surface area contributed by atoms with Gasteiger partial charge in [-0.1, -0.05) is 70.4 Å². The monoisotopic (exact) mass is 354 g/mol. The molecular formula is C18H33AlLi2O4. The van der Waals surface area contributed by atoms with Gasteiger partial charge in [0.25, 0.3) is 0 Å². The second-order valence-corrected chi connectivity index (χ2v) is 5.99. The van der Waals surface area contributed by atoms with Crippen LogP contribution in [-0.4, -0.2) is 21.5 Å². The summed E-state index contributed by atoms with van der Waals surface area (Å²) in [5, 5.41) is 10.2. The molecule has 0 bridgehead atoms. The summed E-state index contributed by atoms with van der Waals surface area (Å²) in [6.07, 6.45) is 20.9. The second-order valence-electron chi connectivity index (χ2n) is 5.80. The van der Waals surface area contributed by atoms with Crippen molar-refractivity contribution < 1.29 is 55.6 Å². The Bertz CT molecular complexity index is 290. The summed E-state index contributed by atoms with van der Waals surface area (Å²) in [5.74, 6) is -0.914. The molecule has 0 aliphatic heterocycles. The Morgan fingerprint density at radius 2 is 1.16 bits per heavy atom. The molecule has 0 unspecified atom stereocenters. The van der Waals surface area contributed by atoms with Gasteiger partial charge in [0.2, 0.25) is 0 Å².